The Hall–Kier alpha value is -1.42. The zero-order valence-electron chi connectivity index (χ0n) is 11.9. The molecular formula is C14H23N3O. The highest BCUT2D eigenvalue weighted by Crippen LogP contribution is 2.30. The molecule has 0 fully saturated rings. The van der Waals surface area contributed by atoms with Gasteiger partial charge in [-0.2, -0.15) is 0 Å². The van der Waals surface area contributed by atoms with Crippen molar-refractivity contribution < 1.29 is 4.79 Å². The van der Waals surface area contributed by atoms with E-state index in [-0.39, 0.29) is 5.91 Å². The Morgan fingerprint density at radius 1 is 1.39 bits per heavy atom. The van der Waals surface area contributed by atoms with E-state index in [4.69, 9.17) is 5.73 Å². The minimum Gasteiger partial charge on any atom is -0.341 e. The van der Waals surface area contributed by atoms with Gasteiger partial charge in [0, 0.05) is 31.5 Å². The monoisotopic (exact) mass is 249 g/mol. The highest BCUT2D eigenvalue weighted by Gasteiger charge is 2.41. The Balaban J connectivity index is 2.80. The van der Waals surface area contributed by atoms with E-state index in [1.165, 1.54) is 0 Å². The lowest BCUT2D eigenvalue weighted by atomic mass is 9.74. The first-order valence-electron chi connectivity index (χ1n) is 6.09. The van der Waals surface area contributed by atoms with Gasteiger partial charge in [0.05, 0.1) is 5.41 Å². The maximum absolute atomic E-state index is 12.4. The first kappa shape index (κ1) is 14.6. The van der Waals surface area contributed by atoms with Gasteiger partial charge in [-0.15, -0.1) is 0 Å². The van der Waals surface area contributed by atoms with Crippen molar-refractivity contribution in [1.29, 1.82) is 0 Å². The molecule has 0 bridgehead atoms. The summed E-state index contributed by atoms with van der Waals surface area (Å²) in [6.45, 7) is 8.07. The Kier molecular flexibility index (Phi) is 4.12. The number of nitrogens with zero attached hydrogens (tertiary/aromatic N) is 2. The molecule has 0 aliphatic rings. The van der Waals surface area contributed by atoms with Crippen LogP contribution in [-0.2, 0) is 11.3 Å². The summed E-state index contributed by atoms with van der Waals surface area (Å²) >= 11 is 0. The molecule has 0 unspecified atom stereocenters. The highest BCUT2D eigenvalue weighted by atomic mass is 16.2. The Labute approximate surface area is 109 Å². The molecule has 0 saturated heterocycles. The fraction of sp³-hybridized carbons (Fsp3) is 0.571. The standard InChI is InChI=1S/C14H23N3O/c1-13(2,14(3,4)15)12(18)17(5)10-11-7-6-8-16-9-11/h6-9H,10,15H2,1-5H3. The molecule has 4 nitrogen and oxygen atoms in total. The number of amides is 1. The molecule has 0 aromatic carbocycles. The van der Waals surface area contributed by atoms with Gasteiger partial charge < -0.3 is 10.6 Å². The predicted molar refractivity (Wildman–Crippen MR) is 72.8 cm³/mol. The summed E-state index contributed by atoms with van der Waals surface area (Å²) in [5, 5.41) is 0. The molecule has 1 aromatic heterocycles. The lowest BCUT2D eigenvalue weighted by Crippen LogP contribution is -2.55. The average molecular weight is 249 g/mol. The molecule has 0 aliphatic heterocycles. The summed E-state index contributed by atoms with van der Waals surface area (Å²) in [5.41, 5.74) is 5.93. The van der Waals surface area contributed by atoms with Crippen molar-refractivity contribution in [1.82, 2.24) is 9.88 Å². The van der Waals surface area contributed by atoms with Gasteiger partial charge in [0.15, 0.2) is 0 Å². The van der Waals surface area contributed by atoms with Crippen LogP contribution in [0.2, 0.25) is 0 Å². The van der Waals surface area contributed by atoms with Gasteiger partial charge in [-0.1, -0.05) is 6.07 Å². The first-order chi connectivity index (χ1) is 8.16. The zero-order valence-corrected chi connectivity index (χ0v) is 11.9. The first-order valence-corrected chi connectivity index (χ1v) is 6.09. The lowest BCUT2D eigenvalue weighted by molar-refractivity contribution is -0.142. The molecule has 1 aromatic rings. The van der Waals surface area contributed by atoms with Crippen LogP contribution in [0.4, 0.5) is 0 Å². The van der Waals surface area contributed by atoms with Crippen molar-refractivity contribution >= 4 is 5.91 Å². The SMILES string of the molecule is CN(Cc1cccnc1)C(=O)C(C)(C)C(C)(C)N. The van der Waals surface area contributed by atoms with E-state index >= 15 is 0 Å². The van der Waals surface area contributed by atoms with Gasteiger partial charge in [-0.05, 0) is 39.3 Å². The maximum atomic E-state index is 12.4. The molecule has 0 spiro atoms. The second-order valence-corrected chi connectivity index (χ2v) is 5.87. The van der Waals surface area contributed by atoms with Crippen LogP contribution in [0, 0.1) is 5.41 Å². The van der Waals surface area contributed by atoms with Crippen molar-refractivity contribution in [2.45, 2.75) is 39.8 Å². The Morgan fingerprint density at radius 3 is 2.44 bits per heavy atom. The van der Waals surface area contributed by atoms with Gasteiger partial charge in [0.1, 0.15) is 0 Å². The number of hydrogen-bond donors (Lipinski definition) is 1. The van der Waals surface area contributed by atoms with Crippen LogP contribution in [-0.4, -0.2) is 28.4 Å². The number of nitrogens with two attached hydrogens (primary N) is 1. The van der Waals surface area contributed by atoms with E-state index in [1.54, 1.807) is 24.3 Å². The fourth-order valence-electron chi connectivity index (χ4n) is 1.59. The molecule has 0 atom stereocenters. The summed E-state index contributed by atoms with van der Waals surface area (Å²) in [6, 6.07) is 3.82. The number of hydrogen-bond acceptors (Lipinski definition) is 3. The molecule has 100 valence electrons. The van der Waals surface area contributed by atoms with Crippen molar-refractivity contribution in [3.63, 3.8) is 0 Å². The Bertz CT molecular complexity index is 407. The van der Waals surface area contributed by atoms with Crippen LogP contribution >= 0.6 is 0 Å². The summed E-state index contributed by atoms with van der Waals surface area (Å²) in [7, 11) is 1.79. The summed E-state index contributed by atoms with van der Waals surface area (Å²) in [5.74, 6) is 0.0406. The van der Waals surface area contributed by atoms with Crippen LogP contribution in [0.3, 0.4) is 0 Å². The van der Waals surface area contributed by atoms with Crippen LogP contribution in [0.15, 0.2) is 24.5 Å². The predicted octanol–water partition coefficient (Wildman–Crippen LogP) is 1.80. The van der Waals surface area contributed by atoms with E-state index in [0.717, 1.165) is 5.56 Å². The third-order valence-corrected chi connectivity index (χ3v) is 3.63. The molecule has 18 heavy (non-hydrogen) atoms. The summed E-state index contributed by atoms with van der Waals surface area (Å²) < 4.78 is 0. The molecule has 1 rings (SSSR count). The van der Waals surface area contributed by atoms with Crippen LogP contribution in [0.25, 0.3) is 0 Å². The summed E-state index contributed by atoms with van der Waals surface area (Å²) in [4.78, 5) is 18.2. The van der Waals surface area contributed by atoms with Crippen LogP contribution < -0.4 is 5.73 Å². The van der Waals surface area contributed by atoms with Crippen LogP contribution in [0.5, 0.6) is 0 Å². The summed E-state index contributed by atoms with van der Waals surface area (Å²) in [6.07, 6.45) is 3.49. The third kappa shape index (κ3) is 3.07. The molecule has 1 heterocycles. The molecular weight excluding hydrogens is 226 g/mol. The second kappa shape index (κ2) is 5.06. The maximum Gasteiger partial charge on any atom is 0.230 e. The zero-order chi connectivity index (χ0) is 14.0. The van der Waals surface area contributed by atoms with Gasteiger partial charge in [0.25, 0.3) is 0 Å². The average Bonchev–Trinajstić information content (AvgIpc) is 2.27. The topological polar surface area (TPSA) is 59.2 Å². The van der Waals surface area contributed by atoms with Crippen molar-refractivity contribution in [3.05, 3.63) is 30.1 Å². The molecule has 1 amide bonds. The quantitative estimate of drug-likeness (QED) is 0.885. The van der Waals surface area contributed by atoms with Gasteiger partial charge in [-0.3, -0.25) is 9.78 Å². The van der Waals surface area contributed by atoms with Crippen LogP contribution in [0.1, 0.15) is 33.3 Å². The van der Waals surface area contributed by atoms with Crippen molar-refractivity contribution in [2.75, 3.05) is 7.05 Å². The van der Waals surface area contributed by atoms with Gasteiger partial charge in [-0.25, -0.2) is 0 Å². The van der Waals surface area contributed by atoms with E-state index < -0.39 is 11.0 Å². The van der Waals surface area contributed by atoms with Crippen molar-refractivity contribution in [2.24, 2.45) is 11.1 Å². The molecule has 0 saturated carbocycles. The number of pyridine rings is 1. The lowest BCUT2D eigenvalue weighted by Gasteiger charge is -2.39. The molecule has 0 aliphatic carbocycles. The number of carbonyl (C=O) groups excluding carboxylic acids is 1. The number of carbonyl (C=O) groups is 1. The largest absolute Gasteiger partial charge is 0.341 e. The smallest absolute Gasteiger partial charge is 0.230 e. The molecule has 0 radical (unpaired) electrons. The normalized spacial score (nSPS) is 12.3. The van der Waals surface area contributed by atoms with Crippen molar-refractivity contribution in [3.8, 4) is 0 Å². The van der Waals surface area contributed by atoms with E-state index in [2.05, 4.69) is 4.98 Å². The number of aromatic nitrogens is 1. The van der Waals surface area contributed by atoms with Gasteiger partial charge >= 0.3 is 0 Å². The molecule has 4 heteroatoms. The minimum atomic E-state index is -0.607. The Morgan fingerprint density at radius 2 is 2.00 bits per heavy atom. The van der Waals surface area contributed by atoms with E-state index in [9.17, 15) is 4.79 Å². The molecule has 2 N–H and O–H groups in total. The van der Waals surface area contributed by atoms with E-state index in [0.29, 0.717) is 6.54 Å². The highest BCUT2D eigenvalue weighted by molar-refractivity contribution is 5.83. The van der Waals surface area contributed by atoms with Gasteiger partial charge in [0.2, 0.25) is 5.91 Å². The third-order valence-electron chi connectivity index (χ3n) is 3.63. The number of rotatable bonds is 4. The van der Waals surface area contributed by atoms with E-state index in [1.807, 2.05) is 39.8 Å². The second-order valence-electron chi connectivity index (χ2n) is 5.87. The fourth-order valence-corrected chi connectivity index (χ4v) is 1.59. The minimum absolute atomic E-state index is 0.0406.